The fourth-order valence-corrected chi connectivity index (χ4v) is 2.41. The Labute approximate surface area is 83.2 Å². The Morgan fingerprint density at radius 3 is 3.08 bits per heavy atom. The first-order chi connectivity index (χ1) is 6.31. The number of aromatic nitrogens is 1. The second kappa shape index (κ2) is 3.76. The summed E-state index contributed by atoms with van der Waals surface area (Å²) >= 11 is 1.73. The summed E-state index contributed by atoms with van der Waals surface area (Å²) in [5.41, 5.74) is 7.27. The van der Waals surface area contributed by atoms with Gasteiger partial charge in [0.2, 0.25) is 0 Å². The first kappa shape index (κ1) is 9.16. The van der Waals surface area contributed by atoms with Gasteiger partial charge in [0.1, 0.15) is 5.01 Å². The van der Waals surface area contributed by atoms with Gasteiger partial charge in [-0.05, 0) is 19.3 Å². The molecule has 1 saturated carbocycles. The van der Waals surface area contributed by atoms with Crippen LogP contribution in [0.3, 0.4) is 0 Å². The standard InChI is InChI=1S/C10H16N2S/c1-2-3-8(11)10-12-9(6-13-10)7-4-5-7/h6-8H,2-5,11H2,1H3. The summed E-state index contributed by atoms with van der Waals surface area (Å²) in [6.07, 6.45) is 4.84. The number of rotatable bonds is 4. The van der Waals surface area contributed by atoms with Gasteiger partial charge >= 0.3 is 0 Å². The third-order valence-corrected chi connectivity index (χ3v) is 3.45. The first-order valence-corrected chi connectivity index (χ1v) is 5.90. The van der Waals surface area contributed by atoms with E-state index in [2.05, 4.69) is 17.3 Å². The Kier molecular flexibility index (Phi) is 2.65. The number of nitrogens with zero attached hydrogens (tertiary/aromatic N) is 1. The monoisotopic (exact) mass is 196 g/mol. The van der Waals surface area contributed by atoms with Gasteiger partial charge in [0.05, 0.1) is 11.7 Å². The van der Waals surface area contributed by atoms with E-state index in [0.29, 0.717) is 0 Å². The molecule has 1 aliphatic rings. The van der Waals surface area contributed by atoms with Gasteiger partial charge in [-0.2, -0.15) is 0 Å². The average molecular weight is 196 g/mol. The lowest BCUT2D eigenvalue weighted by Gasteiger charge is -2.04. The molecule has 13 heavy (non-hydrogen) atoms. The van der Waals surface area contributed by atoms with Crippen molar-refractivity contribution in [3.8, 4) is 0 Å². The van der Waals surface area contributed by atoms with Crippen LogP contribution in [0.5, 0.6) is 0 Å². The van der Waals surface area contributed by atoms with Crippen LogP contribution in [0.25, 0.3) is 0 Å². The fraction of sp³-hybridized carbons (Fsp3) is 0.700. The highest BCUT2D eigenvalue weighted by molar-refractivity contribution is 7.09. The quantitative estimate of drug-likeness (QED) is 0.804. The SMILES string of the molecule is CCCC(N)c1nc(C2CC2)cs1. The highest BCUT2D eigenvalue weighted by Crippen LogP contribution is 2.40. The molecule has 1 unspecified atom stereocenters. The Balaban J connectivity index is 2.03. The fourth-order valence-electron chi connectivity index (χ4n) is 1.47. The van der Waals surface area contributed by atoms with E-state index in [9.17, 15) is 0 Å². The molecule has 1 heterocycles. The van der Waals surface area contributed by atoms with Gasteiger partial charge in [-0.1, -0.05) is 13.3 Å². The summed E-state index contributed by atoms with van der Waals surface area (Å²) < 4.78 is 0. The summed E-state index contributed by atoms with van der Waals surface area (Å²) in [5.74, 6) is 0.763. The molecule has 0 amide bonds. The van der Waals surface area contributed by atoms with Crippen LogP contribution in [0.1, 0.15) is 55.3 Å². The maximum atomic E-state index is 5.99. The second-order valence-corrected chi connectivity index (χ2v) is 4.67. The Morgan fingerprint density at radius 2 is 2.46 bits per heavy atom. The molecule has 2 rings (SSSR count). The van der Waals surface area contributed by atoms with Crippen LogP contribution in [0, 0.1) is 0 Å². The molecule has 72 valence electrons. The van der Waals surface area contributed by atoms with Crippen molar-refractivity contribution in [1.82, 2.24) is 4.98 Å². The molecule has 1 fully saturated rings. The number of hydrogen-bond acceptors (Lipinski definition) is 3. The molecule has 1 aromatic rings. The van der Waals surface area contributed by atoms with E-state index in [1.54, 1.807) is 11.3 Å². The molecule has 0 saturated heterocycles. The van der Waals surface area contributed by atoms with E-state index in [1.165, 1.54) is 18.5 Å². The highest BCUT2D eigenvalue weighted by Gasteiger charge is 2.26. The highest BCUT2D eigenvalue weighted by atomic mass is 32.1. The zero-order valence-corrected chi connectivity index (χ0v) is 8.81. The van der Waals surface area contributed by atoms with Crippen molar-refractivity contribution < 1.29 is 0 Å². The van der Waals surface area contributed by atoms with Crippen molar-refractivity contribution in [2.45, 2.75) is 44.6 Å². The van der Waals surface area contributed by atoms with Crippen molar-refractivity contribution >= 4 is 11.3 Å². The molecule has 3 heteroatoms. The Morgan fingerprint density at radius 1 is 1.69 bits per heavy atom. The molecule has 2 nitrogen and oxygen atoms in total. The van der Waals surface area contributed by atoms with E-state index in [4.69, 9.17) is 5.73 Å². The summed E-state index contributed by atoms with van der Waals surface area (Å²) in [7, 11) is 0. The van der Waals surface area contributed by atoms with Crippen molar-refractivity contribution in [2.75, 3.05) is 0 Å². The lowest BCUT2D eigenvalue weighted by atomic mass is 10.2. The molecule has 0 spiro atoms. The Hall–Kier alpha value is -0.410. The minimum atomic E-state index is 0.169. The van der Waals surface area contributed by atoms with Gasteiger partial charge in [-0.25, -0.2) is 4.98 Å². The molecule has 0 aliphatic heterocycles. The molecule has 1 aromatic heterocycles. The molecule has 2 N–H and O–H groups in total. The smallest absolute Gasteiger partial charge is 0.110 e. The molecule has 1 atom stereocenters. The molecule has 0 bridgehead atoms. The first-order valence-electron chi connectivity index (χ1n) is 5.02. The minimum Gasteiger partial charge on any atom is -0.322 e. The molecule has 0 radical (unpaired) electrons. The van der Waals surface area contributed by atoms with E-state index in [-0.39, 0.29) is 6.04 Å². The maximum Gasteiger partial charge on any atom is 0.110 e. The summed E-state index contributed by atoms with van der Waals surface area (Å²) in [6, 6.07) is 0.169. The average Bonchev–Trinajstić information content (AvgIpc) is 2.84. The summed E-state index contributed by atoms with van der Waals surface area (Å²) in [5, 5.41) is 3.31. The van der Waals surface area contributed by atoms with Crippen molar-refractivity contribution in [3.05, 3.63) is 16.1 Å². The Bertz CT molecular complexity index is 278. The van der Waals surface area contributed by atoms with E-state index >= 15 is 0 Å². The zero-order valence-electron chi connectivity index (χ0n) is 7.99. The topological polar surface area (TPSA) is 38.9 Å². The summed E-state index contributed by atoms with van der Waals surface area (Å²) in [4.78, 5) is 4.58. The van der Waals surface area contributed by atoms with Crippen LogP contribution >= 0.6 is 11.3 Å². The lowest BCUT2D eigenvalue weighted by Crippen LogP contribution is -2.09. The van der Waals surface area contributed by atoms with E-state index in [0.717, 1.165) is 23.8 Å². The van der Waals surface area contributed by atoms with Crippen LogP contribution in [0.2, 0.25) is 0 Å². The van der Waals surface area contributed by atoms with E-state index < -0.39 is 0 Å². The van der Waals surface area contributed by atoms with E-state index in [1.807, 2.05) is 0 Å². The lowest BCUT2D eigenvalue weighted by molar-refractivity contribution is 0.632. The second-order valence-electron chi connectivity index (χ2n) is 3.78. The minimum absolute atomic E-state index is 0.169. The van der Waals surface area contributed by atoms with Crippen LogP contribution in [0.15, 0.2) is 5.38 Å². The third-order valence-electron chi connectivity index (χ3n) is 2.45. The van der Waals surface area contributed by atoms with Gasteiger partial charge in [0.25, 0.3) is 0 Å². The number of hydrogen-bond donors (Lipinski definition) is 1. The van der Waals surface area contributed by atoms with Crippen molar-refractivity contribution in [2.24, 2.45) is 5.73 Å². The van der Waals surface area contributed by atoms with Gasteiger partial charge in [-0.3, -0.25) is 0 Å². The molecule has 0 aromatic carbocycles. The predicted molar refractivity (Wildman–Crippen MR) is 55.9 cm³/mol. The normalized spacial score (nSPS) is 18.9. The summed E-state index contributed by atoms with van der Waals surface area (Å²) in [6.45, 7) is 2.16. The molecule has 1 aliphatic carbocycles. The van der Waals surface area contributed by atoms with Crippen LogP contribution in [-0.4, -0.2) is 4.98 Å². The van der Waals surface area contributed by atoms with Gasteiger partial charge in [-0.15, -0.1) is 11.3 Å². The van der Waals surface area contributed by atoms with Crippen LogP contribution in [-0.2, 0) is 0 Å². The van der Waals surface area contributed by atoms with Gasteiger partial charge in [0.15, 0.2) is 0 Å². The van der Waals surface area contributed by atoms with Gasteiger partial charge in [0, 0.05) is 11.3 Å². The van der Waals surface area contributed by atoms with Crippen LogP contribution < -0.4 is 5.73 Å². The van der Waals surface area contributed by atoms with Crippen molar-refractivity contribution in [3.63, 3.8) is 0 Å². The molecular weight excluding hydrogens is 180 g/mol. The number of nitrogens with two attached hydrogens (primary N) is 1. The predicted octanol–water partition coefficient (Wildman–Crippen LogP) is 2.82. The van der Waals surface area contributed by atoms with Crippen molar-refractivity contribution in [1.29, 1.82) is 0 Å². The van der Waals surface area contributed by atoms with Gasteiger partial charge < -0.3 is 5.73 Å². The molecular formula is C10H16N2S. The van der Waals surface area contributed by atoms with Crippen LogP contribution in [0.4, 0.5) is 0 Å². The number of thiazole rings is 1. The third kappa shape index (κ3) is 2.09. The largest absolute Gasteiger partial charge is 0.322 e. The zero-order chi connectivity index (χ0) is 9.26. The maximum absolute atomic E-state index is 5.99.